The zero-order valence-electron chi connectivity index (χ0n) is 15.1. The number of carboxylic acid groups (broad SMARTS) is 1. The van der Waals surface area contributed by atoms with E-state index in [4.69, 9.17) is 9.84 Å². The Bertz CT molecular complexity index is 1050. The molecule has 0 fully saturated rings. The summed E-state index contributed by atoms with van der Waals surface area (Å²) in [4.78, 5) is 29.2. The highest BCUT2D eigenvalue weighted by Gasteiger charge is 2.30. The maximum atomic E-state index is 12.2. The van der Waals surface area contributed by atoms with Crippen LogP contribution >= 0.6 is 0 Å². The molecule has 0 bridgehead atoms. The summed E-state index contributed by atoms with van der Waals surface area (Å²) in [5.74, 6) is -1.39. The number of carbonyl (C=O) groups excluding carboxylic acids is 1. The number of fused-ring (bicyclic) bond motifs is 1. The summed E-state index contributed by atoms with van der Waals surface area (Å²) < 4.78 is 45.7. The van der Waals surface area contributed by atoms with Crippen molar-refractivity contribution in [1.29, 1.82) is 0 Å². The molecule has 0 radical (unpaired) electrons. The molecule has 3 aromatic rings. The summed E-state index contributed by atoms with van der Waals surface area (Å²) in [5, 5.41) is 13.6. The first kappa shape index (κ1) is 20.8. The quantitative estimate of drug-likeness (QED) is 0.438. The fraction of sp³-hybridized carbons (Fsp3) is 0.167. The molecular weight excluding hydrogens is 409 g/mol. The molecule has 0 aliphatic rings. The van der Waals surface area contributed by atoms with Crippen molar-refractivity contribution in [1.82, 2.24) is 15.3 Å². The first-order valence-electron chi connectivity index (χ1n) is 8.42. The van der Waals surface area contributed by atoms with Gasteiger partial charge in [-0.15, -0.1) is 13.2 Å². The highest BCUT2D eigenvalue weighted by Crippen LogP contribution is 2.26. The Labute approximate surface area is 166 Å². The molecule has 9 nitrogen and oxygen atoms in total. The van der Waals surface area contributed by atoms with Crippen LogP contribution in [0.3, 0.4) is 0 Å². The summed E-state index contributed by atoms with van der Waals surface area (Å²) in [6, 6.07) is 9.96. The number of nitrogens with one attached hydrogen (secondary N) is 3. The van der Waals surface area contributed by atoms with Gasteiger partial charge in [-0.1, -0.05) is 0 Å². The number of ether oxygens (including phenoxy) is 2. The van der Waals surface area contributed by atoms with E-state index in [1.165, 1.54) is 24.3 Å². The predicted molar refractivity (Wildman–Crippen MR) is 98.6 cm³/mol. The summed E-state index contributed by atoms with van der Waals surface area (Å²) >= 11 is 0. The minimum absolute atomic E-state index is 0.339. The Kier molecular flexibility index (Phi) is 5.95. The number of aliphatic carboxylic acids is 1. The Morgan fingerprint density at radius 1 is 1.10 bits per heavy atom. The molecule has 1 aromatic heterocycles. The molecule has 12 heteroatoms. The van der Waals surface area contributed by atoms with E-state index in [2.05, 4.69) is 25.3 Å². The molecule has 30 heavy (non-hydrogen) atoms. The number of carbonyl (C=O) groups is 2. The fourth-order valence-electron chi connectivity index (χ4n) is 2.39. The first-order chi connectivity index (χ1) is 14.2. The van der Waals surface area contributed by atoms with Crippen molar-refractivity contribution >= 4 is 34.5 Å². The predicted octanol–water partition coefficient (Wildman–Crippen LogP) is 2.78. The van der Waals surface area contributed by atoms with E-state index in [0.29, 0.717) is 28.4 Å². The molecule has 4 N–H and O–H groups in total. The highest BCUT2D eigenvalue weighted by molar-refractivity contribution is 5.83. The van der Waals surface area contributed by atoms with Crippen LogP contribution in [0.4, 0.5) is 24.8 Å². The lowest BCUT2D eigenvalue weighted by Gasteiger charge is -2.09. The van der Waals surface area contributed by atoms with Gasteiger partial charge in [0.2, 0.25) is 5.95 Å². The Morgan fingerprint density at radius 3 is 2.47 bits per heavy atom. The molecule has 0 spiro atoms. The minimum atomic E-state index is -4.76. The number of amides is 1. The van der Waals surface area contributed by atoms with Crippen LogP contribution in [0.2, 0.25) is 0 Å². The molecule has 0 aliphatic carbocycles. The van der Waals surface area contributed by atoms with Gasteiger partial charge in [0.15, 0.2) is 6.61 Å². The van der Waals surface area contributed by atoms with Crippen LogP contribution in [-0.4, -0.2) is 46.5 Å². The molecule has 0 aliphatic heterocycles. The number of imidazole rings is 1. The van der Waals surface area contributed by atoms with Gasteiger partial charge in [0.1, 0.15) is 18.0 Å². The van der Waals surface area contributed by atoms with Gasteiger partial charge >= 0.3 is 12.3 Å². The summed E-state index contributed by atoms with van der Waals surface area (Å²) in [5.41, 5.74) is 1.64. The molecule has 0 unspecified atom stereocenters. The van der Waals surface area contributed by atoms with Crippen molar-refractivity contribution in [3.05, 3.63) is 42.5 Å². The van der Waals surface area contributed by atoms with E-state index < -0.39 is 24.8 Å². The van der Waals surface area contributed by atoms with Crippen molar-refractivity contribution in [2.45, 2.75) is 6.36 Å². The van der Waals surface area contributed by atoms with E-state index in [9.17, 15) is 22.8 Å². The number of rotatable bonds is 8. The second-order valence-corrected chi connectivity index (χ2v) is 5.92. The number of benzene rings is 2. The van der Waals surface area contributed by atoms with Crippen LogP contribution in [0.25, 0.3) is 11.0 Å². The molecule has 1 amide bonds. The smallest absolute Gasteiger partial charge is 0.484 e. The number of carboxylic acids is 1. The zero-order chi connectivity index (χ0) is 21.7. The topological polar surface area (TPSA) is 126 Å². The summed E-state index contributed by atoms with van der Waals surface area (Å²) in [6.07, 6.45) is -4.76. The van der Waals surface area contributed by atoms with Crippen molar-refractivity contribution in [2.75, 3.05) is 18.5 Å². The average Bonchev–Trinajstić information content (AvgIpc) is 3.06. The Morgan fingerprint density at radius 2 is 1.80 bits per heavy atom. The maximum Gasteiger partial charge on any atom is 0.573 e. The standard InChI is InChI=1S/C18H15F3N4O5/c19-18(20,21)30-11-3-1-10(2-4-11)23-17-24-13-6-5-12(7-14(13)25-17)29-9-15(26)22-8-16(27)28/h1-7H,8-9H2,(H,22,26)(H,27,28)(H2,23,24,25). The number of alkyl halides is 3. The zero-order valence-corrected chi connectivity index (χ0v) is 15.1. The van der Waals surface area contributed by atoms with Crippen molar-refractivity contribution < 1.29 is 37.3 Å². The van der Waals surface area contributed by atoms with Gasteiger partial charge in [-0.2, -0.15) is 0 Å². The maximum absolute atomic E-state index is 12.2. The number of halogens is 3. The van der Waals surface area contributed by atoms with Crippen molar-refractivity contribution in [3.63, 3.8) is 0 Å². The van der Waals surface area contributed by atoms with E-state index in [1.807, 2.05) is 0 Å². The van der Waals surface area contributed by atoms with E-state index >= 15 is 0 Å². The van der Waals surface area contributed by atoms with Gasteiger partial charge in [-0.25, -0.2) is 4.98 Å². The molecule has 3 rings (SSSR count). The lowest BCUT2D eigenvalue weighted by atomic mass is 10.3. The third-order valence-corrected chi connectivity index (χ3v) is 3.61. The van der Waals surface area contributed by atoms with Crippen LogP contribution < -0.4 is 20.1 Å². The van der Waals surface area contributed by atoms with Gasteiger partial charge in [-0.3, -0.25) is 9.59 Å². The molecule has 0 saturated heterocycles. The molecule has 0 atom stereocenters. The summed E-state index contributed by atoms with van der Waals surface area (Å²) in [6.45, 7) is -0.857. The van der Waals surface area contributed by atoms with Gasteiger partial charge in [0, 0.05) is 11.8 Å². The van der Waals surface area contributed by atoms with E-state index in [0.717, 1.165) is 0 Å². The van der Waals surface area contributed by atoms with Crippen LogP contribution in [0.15, 0.2) is 42.5 Å². The highest BCUT2D eigenvalue weighted by atomic mass is 19.4. The van der Waals surface area contributed by atoms with Crippen LogP contribution in [-0.2, 0) is 9.59 Å². The first-order valence-corrected chi connectivity index (χ1v) is 8.42. The fourth-order valence-corrected chi connectivity index (χ4v) is 2.39. The number of aromatic amines is 1. The average molecular weight is 424 g/mol. The van der Waals surface area contributed by atoms with Gasteiger partial charge in [-0.05, 0) is 36.4 Å². The molecule has 158 valence electrons. The second kappa shape index (κ2) is 8.59. The minimum Gasteiger partial charge on any atom is -0.484 e. The van der Waals surface area contributed by atoms with E-state index in [1.54, 1.807) is 18.2 Å². The number of H-pyrrole nitrogens is 1. The van der Waals surface area contributed by atoms with Gasteiger partial charge < -0.3 is 30.2 Å². The largest absolute Gasteiger partial charge is 0.573 e. The number of aromatic nitrogens is 2. The van der Waals surface area contributed by atoms with Crippen LogP contribution in [0.5, 0.6) is 11.5 Å². The Hall–Kier alpha value is -3.96. The number of hydrogen-bond acceptors (Lipinski definition) is 6. The number of anilines is 2. The van der Waals surface area contributed by atoms with Crippen LogP contribution in [0, 0.1) is 0 Å². The normalized spacial score (nSPS) is 11.2. The summed E-state index contributed by atoms with van der Waals surface area (Å²) in [7, 11) is 0. The molecule has 2 aromatic carbocycles. The second-order valence-electron chi connectivity index (χ2n) is 5.92. The third kappa shape index (κ3) is 6.02. The lowest BCUT2D eigenvalue weighted by molar-refractivity contribution is -0.274. The molecule has 1 heterocycles. The lowest BCUT2D eigenvalue weighted by Crippen LogP contribution is -2.33. The van der Waals surface area contributed by atoms with E-state index in [-0.39, 0.29) is 12.4 Å². The number of nitrogens with zero attached hydrogens (tertiary/aromatic N) is 1. The van der Waals surface area contributed by atoms with Gasteiger partial charge in [0.25, 0.3) is 5.91 Å². The molecule has 0 saturated carbocycles. The van der Waals surface area contributed by atoms with Crippen molar-refractivity contribution in [2.24, 2.45) is 0 Å². The van der Waals surface area contributed by atoms with Crippen LogP contribution in [0.1, 0.15) is 0 Å². The molecular formula is C18H15F3N4O5. The van der Waals surface area contributed by atoms with Crippen molar-refractivity contribution in [3.8, 4) is 11.5 Å². The monoisotopic (exact) mass is 424 g/mol. The number of hydrogen-bond donors (Lipinski definition) is 4. The van der Waals surface area contributed by atoms with Gasteiger partial charge in [0.05, 0.1) is 11.0 Å². The third-order valence-electron chi connectivity index (χ3n) is 3.61. The Balaban J connectivity index is 1.61. The SMILES string of the molecule is O=C(O)CNC(=O)COc1ccc2nc(Nc3ccc(OC(F)(F)F)cc3)[nH]c2c1.